The molecular weight excluding hydrogens is 701 g/mol. The largest absolute Gasteiger partial charge is 0.534 e. The Morgan fingerprint density at radius 3 is 1.59 bits per heavy atom. The number of halogens is 4. The molecule has 0 aliphatic carbocycles. The summed E-state index contributed by atoms with van der Waals surface area (Å²) in [6.07, 6.45) is 3.21. The number of nitrogens with zero attached hydrogens (tertiary/aromatic N) is 6. The first kappa shape index (κ1) is 40.4. The molecule has 0 fully saturated rings. The smallest absolute Gasteiger partial charge is 0.377 e. The highest BCUT2D eigenvalue weighted by Gasteiger charge is 2.49. The molecule has 0 saturated heterocycles. The number of alkyl halides is 3. The van der Waals surface area contributed by atoms with Gasteiger partial charge in [0.15, 0.2) is 0 Å². The van der Waals surface area contributed by atoms with Crippen molar-refractivity contribution in [1.82, 2.24) is 19.9 Å². The molecule has 4 heterocycles. The van der Waals surface area contributed by atoms with E-state index in [4.69, 9.17) is 11.6 Å². The number of hydrogen-bond acceptors (Lipinski definition) is 9. The third-order valence-corrected chi connectivity index (χ3v) is 8.77. The maximum atomic E-state index is 12.8. The Morgan fingerprint density at radius 2 is 1.14 bits per heavy atom. The van der Waals surface area contributed by atoms with E-state index < -0.39 is 21.5 Å². The van der Waals surface area contributed by atoms with E-state index in [2.05, 4.69) is 54.1 Å². The van der Waals surface area contributed by atoms with Gasteiger partial charge in [0.25, 0.3) is 0 Å². The van der Waals surface area contributed by atoms with Crippen molar-refractivity contribution >= 4 is 54.9 Å². The molecule has 0 saturated carbocycles. The first-order chi connectivity index (χ1) is 23.1. The Hall–Kier alpha value is -5.01. The lowest BCUT2D eigenvalue weighted by Gasteiger charge is -2.17. The summed E-state index contributed by atoms with van der Waals surface area (Å²) in [5, 5.41) is 1.43. The number of fused-ring (bicyclic) bond motifs is 2. The van der Waals surface area contributed by atoms with Crippen LogP contribution in [0.1, 0.15) is 26.0 Å². The number of hydrogen-bond donors (Lipinski definition) is 0. The minimum Gasteiger partial charge on any atom is -0.377 e. The second-order valence-corrected chi connectivity index (χ2v) is 13.4. The van der Waals surface area contributed by atoms with Gasteiger partial charge in [0.1, 0.15) is 5.15 Å². The molecule has 270 valence electrons. The van der Waals surface area contributed by atoms with Crippen molar-refractivity contribution in [2.24, 2.45) is 0 Å². The second-order valence-electron chi connectivity index (χ2n) is 11.5. The SMILES string of the molecule is C.C.Cc1cc(-c2cc3ncccc3c(Cl)n2)ccc1N(C)C.Cc1cc(-c2cc3ncccc3c(OS(=O)(=O)C(F)(F)F)n2)ccc1N(C)C. The summed E-state index contributed by atoms with van der Waals surface area (Å²) in [5.74, 6) is -0.674. The molecule has 0 bridgehead atoms. The predicted octanol–water partition coefficient (Wildman–Crippen LogP) is 9.50. The predicted molar refractivity (Wildman–Crippen MR) is 202 cm³/mol. The highest BCUT2D eigenvalue weighted by molar-refractivity contribution is 7.88. The van der Waals surface area contributed by atoms with Crippen LogP contribution >= 0.6 is 11.6 Å². The van der Waals surface area contributed by atoms with Crippen LogP contribution in [-0.2, 0) is 10.1 Å². The van der Waals surface area contributed by atoms with Gasteiger partial charge >= 0.3 is 15.6 Å². The molecule has 0 aliphatic heterocycles. The molecule has 0 spiro atoms. The maximum absolute atomic E-state index is 12.8. The number of anilines is 2. The zero-order valence-corrected chi connectivity index (χ0v) is 29.0. The normalized spacial score (nSPS) is 11.2. The summed E-state index contributed by atoms with van der Waals surface area (Å²) in [6.45, 7) is 3.98. The number of aryl methyl sites for hydroxylation is 2. The van der Waals surface area contributed by atoms with Gasteiger partial charge in [-0.1, -0.05) is 38.6 Å². The molecule has 0 atom stereocenters. The molecule has 14 heteroatoms. The van der Waals surface area contributed by atoms with Crippen molar-refractivity contribution in [1.29, 1.82) is 0 Å². The average Bonchev–Trinajstić information content (AvgIpc) is 3.04. The van der Waals surface area contributed by atoms with E-state index in [0.717, 1.165) is 33.4 Å². The highest BCUT2D eigenvalue weighted by atomic mass is 35.5. The van der Waals surface area contributed by atoms with Crippen molar-refractivity contribution in [2.45, 2.75) is 34.2 Å². The van der Waals surface area contributed by atoms with E-state index in [-0.39, 0.29) is 31.5 Å². The topological polar surface area (TPSA) is 101 Å². The minimum absolute atomic E-state index is 0. The lowest BCUT2D eigenvalue weighted by molar-refractivity contribution is -0.0500. The standard InChI is InChI=1S/C18H16F3N3O3S.C17H16ClN3.2CH4/c1-11-9-12(6-7-16(11)24(2)3)14-10-15-13(5-4-8-22-15)17(23-14)27-28(25,26)18(19,20)21;1-11-9-12(6-7-16(11)21(2)3)14-10-15-13(17(18)20-14)5-4-8-19-15;;/h4-10H,1-3H3;4-10H,1-3H3;2*1H4. The zero-order chi connectivity index (χ0) is 35.7. The van der Waals surface area contributed by atoms with Crippen LogP contribution in [-0.4, -0.2) is 62.1 Å². The van der Waals surface area contributed by atoms with Crippen LogP contribution in [0.5, 0.6) is 5.88 Å². The molecule has 0 N–H and O–H groups in total. The van der Waals surface area contributed by atoms with E-state index in [9.17, 15) is 21.6 Å². The Labute approximate surface area is 301 Å². The van der Waals surface area contributed by atoms with Crippen LogP contribution in [0, 0.1) is 13.8 Å². The van der Waals surface area contributed by atoms with Crippen molar-refractivity contribution in [2.75, 3.05) is 38.0 Å². The van der Waals surface area contributed by atoms with Crippen molar-refractivity contribution in [3.05, 3.63) is 101 Å². The van der Waals surface area contributed by atoms with Gasteiger partial charge in [-0.05, 0) is 85.6 Å². The van der Waals surface area contributed by atoms with Gasteiger partial charge in [-0.15, -0.1) is 0 Å². The number of aromatic nitrogens is 4. The van der Waals surface area contributed by atoms with Crippen LogP contribution in [0.3, 0.4) is 0 Å². The van der Waals surface area contributed by atoms with Crippen LogP contribution in [0.15, 0.2) is 85.2 Å². The van der Waals surface area contributed by atoms with Crippen LogP contribution in [0.4, 0.5) is 24.5 Å². The molecule has 4 aromatic heterocycles. The Balaban J connectivity index is 0.000000274. The molecule has 0 unspecified atom stereocenters. The van der Waals surface area contributed by atoms with E-state index >= 15 is 0 Å². The van der Waals surface area contributed by atoms with E-state index in [0.29, 0.717) is 10.7 Å². The fourth-order valence-electron chi connectivity index (χ4n) is 5.22. The first-order valence-corrected chi connectivity index (χ1v) is 16.6. The van der Waals surface area contributed by atoms with Gasteiger partial charge in [-0.2, -0.15) is 21.6 Å². The van der Waals surface area contributed by atoms with Gasteiger partial charge in [0.2, 0.25) is 5.88 Å². The number of rotatable bonds is 6. The summed E-state index contributed by atoms with van der Waals surface area (Å²) < 4.78 is 65.5. The third kappa shape index (κ3) is 8.84. The first-order valence-electron chi connectivity index (χ1n) is 14.8. The quantitative estimate of drug-likeness (QED) is 0.0939. The van der Waals surface area contributed by atoms with E-state index in [1.54, 1.807) is 24.4 Å². The van der Waals surface area contributed by atoms with Gasteiger partial charge < -0.3 is 14.0 Å². The Bertz CT molecular complexity index is 2280. The third-order valence-electron chi connectivity index (χ3n) is 7.54. The summed E-state index contributed by atoms with van der Waals surface area (Å²) in [4.78, 5) is 21.0. The molecule has 2 aromatic carbocycles. The summed E-state index contributed by atoms with van der Waals surface area (Å²) in [7, 11) is 1.98. The van der Waals surface area contributed by atoms with Crippen LogP contribution in [0.2, 0.25) is 5.15 Å². The van der Waals surface area contributed by atoms with Crippen LogP contribution < -0.4 is 14.0 Å². The van der Waals surface area contributed by atoms with Crippen LogP contribution in [0.25, 0.3) is 44.3 Å². The van der Waals surface area contributed by atoms with Crippen molar-refractivity contribution < 1.29 is 25.8 Å². The summed E-state index contributed by atoms with van der Waals surface area (Å²) in [6, 6.07) is 21.8. The summed E-state index contributed by atoms with van der Waals surface area (Å²) >= 11 is 6.27. The molecule has 0 radical (unpaired) electrons. The lowest BCUT2D eigenvalue weighted by Crippen LogP contribution is -2.28. The fraction of sp³-hybridized carbons (Fsp3) is 0.243. The Kier molecular flexibility index (Phi) is 12.6. The van der Waals surface area contributed by atoms with Gasteiger partial charge in [0.05, 0.1) is 27.8 Å². The fourth-order valence-corrected chi connectivity index (χ4v) is 5.90. The van der Waals surface area contributed by atoms with Gasteiger partial charge in [0, 0.05) is 68.5 Å². The van der Waals surface area contributed by atoms with Crippen molar-refractivity contribution in [3.8, 4) is 28.4 Å². The van der Waals surface area contributed by atoms with E-state index in [1.165, 1.54) is 29.6 Å². The molecule has 51 heavy (non-hydrogen) atoms. The van der Waals surface area contributed by atoms with E-state index in [1.807, 2.05) is 64.3 Å². The average molecular weight is 741 g/mol. The van der Waals surface area contributed by atoms with Gasteiger partial charge in [-0.25, -0.2) is 9.97 Å². The lowest BCUT2D eigenvalue weighted by atomic mass is 10.1. The Morgan fingerprint density at radius 1 is 0.686 bits per heavy atom. The van der Waals surface area contributed by atoms with Gasteiger partial charge in [-0.3, -0.25) is 9.97 Å². The second kappa shape index (κ2) is 15.9. The number of pyridine rings is 4. The molecular formula is C37H40ClF3N6O3S. The highest BCUT2D eigenvalue weighted by Crippen LogP contribution is 2.34. The molecule has 0 aliphatic rings. The molecule has 6 aromatic rings. The van der Waals surface area contributed by atoms with Crippen molar-refractivity contribution in [3.63, 3.8) is 0 Å². The molecule has 9 nitrogen and oxygen atoms in total. The molecule has 6 rings (SSSR count). The monoisotopic (exact) mass is 740 g/mol. The number of benzene rings is 2. The minimum atomic E-state index is -5.86. The molecule has 0 amide bonds. The summed E-state index contributed by atoms with van der Waals surface area (Å²) in [5.41, 5.74) is 2.55. The maximum Gasteiger partial charge on any atom is 0.534 e. The zero-order valence-electron chi connectivity index (χ0n) is 27.4.